The van der Waals surface area contributed by atoms with Gasteiger partial charge in [-0.15, -0.1) is 0 Å². The second-order valence-electron chi connectivity index (χ2n) is 5.05. The number of hydrogen-bond donors (Lipinski definition) is 3. The Balaban J connectivity index is 2.12. The van der Waals surface area contributed by atoms with E-state index in [1.165, 1.54) is 26.2 Å². The van der Waals surface area contributed by atoms with Crippen LogP contribution in [-0.2, 0) is 0 Å². The maximum atomic E-state index is 9.95. The van der Waals surface area contributed by atoms with Gasteiger partial charge in [-0.05, 0) is 26.7 Å². The van der Waals surface area contributed by atoms with Gasteiger partial charge in [0, 0.05) is 5.92 Å². The monoisotopic (exact) mass is 212 g/mol. The predicted octanol–water partition coefficient (Wildman–Crippen LogP) is 0.985. The molecule has 4 heteroatoms. The lowest BCUT2D eigenvalue weighted by Crippen LogP contribution is -2.54. The average molecular weight is 212 g/mol. The van der Waals surface area contributed by atoms with Crippen LogP contribution in [0.1, 0.15) is 46.0 Å². The number of hydrogen-bond acceptors (Lipinski definition) is 4. The number of nitrogens with zero attached hydrogens (tertiary/aromatic N) is 1. The van der Waals surface area contributed by atoms with E-state index in [4.69, 9.17) is 0 Å². The first-order chi connectivity index (χ1) is 6.92. The third-order valence-electron chi connectivity index (χ3n) is 3.62. The minimum Gasteiger partial charge on any atom is -0.367 e. The smallest absolute Gasteiger partial charge is 0.202 e. The Kier molecular flexibility index (Phi) is 2.51. The summed E-state index contributed by atoms with van der Waals surface area (Å²) < 4.78 is 0. The molecule has 2 aliphatic rings. The van der Waals surface area contributed by atoms with Crippen LogP contribution >= 0.6 is 0 Å². The summed E-state index contributed by atoms with van der Waals surface area (Å²) in [5.74, 6) is 1.17. The summed E-state index contributed by atoms with van der Waals surface area (Å²) >= 11 is 0. The maximum Gasteiger partial charge on any atom is 0.202 e. The molecule has 0 aromatic heterocycles. The van der Waals surface area contributed by atoms with Crippen LogP contribution in [0.5, 0.6) is 0 Å². The van der Waals surface area contributed by atoms with Crippen LogP contribution in [0.15, 0.2) is 4.99 Å². The van der Waals surface area contributed by atoms with Gasteiger partial charge in [0.05, 0.1) is 0 Å². The van der Waals surface area contributed by atoms with Crippen LogP contribution in [0.3, 0.4) is 0 Å². The van der Waals surface area contributed by atoms with Crippen LogP contribution in [-0.4, -0.2) is 27.5 Å². The van der Waals surface area contributed by atoms with Gasteiger partial charge in [-0.25, -0.2) is 4.99 Å². The maximum absolute atomic E-state index is 9.95. The van der Waals surface area contributed by atoms with Crippen molar-refractivity contribution in [3.8, 4) is 0 Å². The van der Waals surface area contributed by atoms with Crippen LogP contribution in [0, 0.1) is 5.92 Å². The van der Waals surface area contributed by atoms with Crippen molar-refractivity contribution in [2.75, 3.05) is 0 Å². The molecule has 1 aliphatic heterocycles. The SMILES string of the molecule is CC1(O)N=C(C2CCCCC2)NC1(C)O. The van der Waals surface area contributed by atoms with E-state index >= 15 is 0 Å². The van der Waals surface area contributed by atoms with Gasteiger partial charge >= 0.3 is 0 Å². The Morgan fingerprint density at radius 3 is 2.27 bits per heavy atom. The molecule has 2 rings (SSSR count). The van der Waals surface area contributed by atoms with Gasteiger partial charge in [0.1, 0.15) is 5.84 Å². The third kappa shape index (κ3) is 1.88. The molecule has 15 heavy (non-hydrogen) atoms. The molecule has 0 aromatic rings. The van der Waals surface area contributed by atoms with Crippen LogP contribution in [0.25, 0.3) is 0 Å². The Labute approximate surface area is 90.4 Å². The Hall–Kier alpha value is -0.610. The molecule has 0 radical (unpaired) electrons. The van der Waals surface area contributed by atoms with E-state index in [0.29, 0.717) is 5.92 Å². The van der Waals surface area contributed by atoms with Gasteiger partial charge in [0.15, 0.2) is 5.72 Å². The van der Waals surface area contributed by atoms with E-state index in [9.17, 15) is 10.2 Å². The highest BCUT2D eigenvalue weighted by molar-refractivity contribution is 5.87. The summed E-state index contributed by atoms with van der Waals surface area (Å²) in [5, 5.41) is 22.8. The first-order valence-electron chi connectivity index (χ1n) is 5.75. The largest absolute Gasteiger partial charge is 0.367 e. The van der Waals surface area contributed by atoms with Crippen molar-refractivity contribution >= 4 is 5.84 Å². The van der Waals surface area contributed by atoms with Gasteiger partial charge in [-0.3, -0.25) is 0 Å². The van der Waals surface area contributed by atoms with Crippen molar-refractivity contribution in [1.82, 2.24) is 5.32 Å². The van der Waals surface area contributed by atoms with Gasteiger partial charge in [0.2, 0.25) is 5.72 Å². The molecule has 0 saturated heterocycles. The molecule has 1 fully saturated rings. The molecule has 1 heterocycles. The van der Waals surface area contributed by atoms with E-state index in [0.717, 1.165) is 18.7 Å². The van der Waals surface area contributed by atoms with E-state index in [2.05, 4.69) is 10.3 Å². The van der Waals surface area contributed by atoms with Gasteiger partial charge in [-0.2, -0.15) is 0 Å². The lowest BCUT2D eigenvalue weighted by molar-refractivity contribution is -0.122. The van der Waals surface area contributed by atoms with E-state index in [-0.39, 0.29) is 0 Å². The molecular formula is C11H20N2O2. The van der Waals surface area contributed by atoms with E-state index in [1.807, 2.05) is 0 Å². The fraction of sp³-hybridized carbons (Fsp3) is 0.909. The topological polar surface area (TPSA) is 64.9 Å². The standard InChI is InChI=1S/C11H20N2O2/c1-10(14)11(2,15)13-9(12-10)8-6-4-3-5-7-8/h8,14-15H,3-7H2,1-2H3,(H,12,13). The second kappa shape index (κ2) is 3.46. The number of aliphatic hydroxyl groups is 2. The zero-order valence-corrected chi connectivity index (χ0v) is 9.45. The van der Waals surface area contributed by atoms with E-state index in [1.54, 1.807) is 6.92 Å². The number of amidine groups is 1. The molecule has 3 N–H and O–H groups in total. The number of aliphatic imine (C=N–C) groups is 1. The summed E-state index contributed by atoms with van der Waals surface area (Å²) in [6.07, 6.45) is 5.94. The van der Waals surface area contributed by atoms with Crippen LogP contribution in [0.2, 0.25) is 0 Å². The van der Waals surface area contributed by atoms with Crippen molar-refractivity contribution in [1.29, 1.82) is 0 Å². The molecular weight excluding hydrogens is 192 g/mol. The highest BCUT2D eigenvalue weighted by Gasteiger charge is 2.48. The lowest BCUT2D eigenvalue weighted by atomic mass is 9.88. The van der Waals surface area contributed by atoms with Crippen molar-refractivity contribution in [3.63, 3.8) is 0 Å². The Morgan fingerprint density at radius 1 is 1.20 bits per heavy atom. The predicted molar refractivity (Wildman–Crippen MR) is 58.4 cm³/mol. The Bertz CT molecular complexity index is 278. The number of rotatable bonds is 1. The third-order valence-corrected chi connectivity index (χ3v) is 3.62. The van der Waals surface area contributed by atoms with Crippen LogP contribution in [0.4, 0.5) is 0 Å². The average Bonchev–Trinajstić information content (AvgIpc) is 2.38. The summed E-state index contributed by atoms with van der Waals surface area (Å²) in [6, 6.07) is 0. The molecule has 2 unspecified atom stereocenters. The summed E-state index contributed by atoms with van der Waals surface area (Å²) in [6.45, 7) is 3.10. The van der Waals surface area contributed by atoms with Crippen molar-refractivity contribution in [2.24, 2.45) is 10.9 Å². The molecule has 0 bridgehead atoms. The van der Waals surface area contributed by atoms with Crippen molar-refractivity contribution < 1.29 is 10.2 Å². The number of nitrogens with one attached hydrogen (secondary N) is 1. The normalized spacial score (nSPS) is 42.5. The lowest BCUT2D eigenvalue weighted by Gasteiger charge is -2.29. The minimum absolute atomic E-state index is 0.388. The minimum atomic E-state index is -1.40. The van der Waals surface area contributed by atoms with Crippen LogP contribution < -0.4 is 5.32 Å². The molecule has 0 spiro atoms. The highest BCUT2D eigenvalue weighted by Crippen LogP contribution is 2.32. The molecule has 86 valence electrons. The van der Waals surface area contributed by atoms with Gasteiger partial charge in [-0.1, -0.05) is 19.3 Å². The second-order valence-corrected chi connectivity index (χ2v) is 5.05. The summed E-state index contributed by atoms with van der Waals surface area (Å²) in [5.41, 5.74) is -2.74. The summed E-state index contributed by atoms with van der Waals surface area (Å²) in [4.78, 5) is 4.21. The van der Waals surface area contributed by atoms with Crippen molar-refractivity contribution in [2.45, 2.75) is 57.4 Å². The Morgan fingerprint density at radius 2 is 1.80 bits per heavy atom. The quantitative estimate of drug-likeness (QED) is 0.607. The van der Waals surface area contributed by atoms with Crippen molar-refractivity contribution in [3.05, 3.63) is 0 Å². The summed E-state index contributed by atoms with van der Waals surface area (Å²) in [7, 11) is 0. The highest BCUT2D eigenvalue weighted by atomic mass is 16.4. The molecule has 1 saturated carbocycles. The first kappa shape index (κ1) is 10.9. The zero-order chi connectivity index (χ0) is 11.1. The van der Waals surface area contributed by atoms with Gasteiger partial charge < -0.3 is 15.5 Å². The molecule has 4 nitrogen and oxygen atoms in total. The molecule has 0 amide bonds. The van der Waals surface area contributed by atoms with E-state index < -0.39 is 11.4 Å². The van der Waals surface area contributed by atoms with Gasteiger partial charge in [0.25, 0.3) is 0 Å². The zero-order valence-electron chi connectivity index (χ0n) is 9.45. The molecule has 2 atom stereocenters. The fourth-order valence-corrected chi connectivity index (χ4v) is 2.31. The molecule has 0 aromatic carbocycles. The fourth-order valence-electron chi connectivity index (χ4n) is 2.31. The molecule has 1 aliphatic carbocycles. The first-order valence-corrected chi connectivity index (χ1v) is 5.75.